The van der Waals surface area contributed by atoms with Gasteiger partial charge in [-0.15, -0.1) is 0 Å². The van der Waals surface area contributed by atoms with Crippen molar-refractivity contribution >= 4 is 33.4 Å². The van der Waals surface area contributed by atoms with E-state index in [1.165, 1.54) is 6.07 Å². The van der Waals surface area contributed by atoms with Gasteiger partial charge in [0, 0.05) is 16.8 Å². The molecule has 0 atom stereocenters. The fraction of sp³-hybridized carbons (Fsp3) is 0.0833. The molecule has 0 unspecified atom stereocenters. The average Bonchev–Trinajstić information content (AvgIpc) is 3.24. The number of hydrogen-bond donors (Lipinski definition) is 2. The quantitative estimate of drug-likeness (QED) is 0.372. The lowest BCUT2D eigenvalue weighted by atomic mass is 10.1. The molecule has 4 aromatic rings. The summed E-state index contributed by atoms with van der Waals surface area (Å²) >= 11 is 1.15. The highest BCUT2D eigenvalue weighted by molar-refractivity contribution is 7.99. The van der Waals surface area contributed by atoms with E-state index in [9.17, 15) is 13.2 Å². The van der Waals surface area contributed by atoms with Gasteiger partial charge in [0.1, 0.15) is 5.69 Å². The van der Waals surface area contributed by atoms with Gasteiger partial charge in [-0.2, -0.15) is 0 Å². The van der Waals surface area contributed by atoms with Crippen molar-refractivity contribution in [2.45, 2.75) is 17.0 Å². The number of oxazole rings is 1. The van der Waals surface area contributed by atoms with E-state index in [4.69, 9.17) is 9.56 Å². The van der Waals surface area contributed by atoms with Crippen LogP contribution in [-0.2, 0) is 14.8 Å². The summed E-state index contributed by atoms with van der Waals surface area (Å²) in [5.74, 6) is 0.327. The molecule has 0 fully saturated rings. The maximum Gasteiger partial charge on any atom is 0.257 e. The van der Waals surface area contributed by atoms with Gasteiger partial charge in [-0.3, -0.25) is 4.79 Å². The van der Waals surface area contributed by atoms with Gasteiger partial charge in [0.05, 0.1) is 10.6 Å². The highest BCUT2D eigenvalue weighted by Gasteiger charge is 2.18. The molecular formula is C24H21N3O4S2. The van der Waals surface area contributed by atoms with Crippen LogP contribution in [0.4, 0.5) is 5.69 Å². The van der Waals surface area contributed by atoms with Gasteiger partial charge in [-0.05, 0) is 24.6 Å². The molecule has 1 aromatic heterocycles. The Kier molecular flexibility index (Phi) is 6.64. The molecule has 1 heterocycles. The van der Waals surface area contributed by atoms with Crippen LogP contribution in [0, 0.1) is 6.92 Å². The topological polar surface area (TPSA) is 115 Å². The monoisotopic (exact) mass is 479 g/mol. The van der Waals surface area contributed by atoms with Crippen LogP contribution < -0.4 is 10.5 Å². The van der Waals surface area contributed by atoms with Crippen LogP contribution in [0.1, 0.15) is 5.56 Å². The Hall–Kier alpha value is -3.40. The molecule has 3 N–H and O–H groups in total. The molecule has 168 valence electrons. The van der Waals surface area contributed by atoms with E-state index in [2.05, 4.69) is 10.3 Å². The van der Waals surface area contributed by atoms with Crippen molar-refractivity contribution in [3.8, 4) is 22.6 Å². The van der Waals surface area contributed by atoms with E-state index in [0.717, 1.165) is 22.9 Å². The molecule has 9 heteroatoms. The zero-order valence-electron chi connectivity index (χ0n) is 17.7. The van der Waals surface area contributed by atoms with Crippen LogP contribution in [0.15, 0.2) is 93.4 Å². The van der Waals surface area contributed by atoms with E-state index in [0.29, 0.717) is 27.9 Å². The SMILES string of the molecule is Cc1ccc(NC(=O)CSc2nc(-c3ccccc3)c(-c3ccccc3)o2)cc1S(N)(=O)=O. The molecule has 7 nitrogen and oxygen atoms in total. The molecule has 0 aliphatic rings. The number of carbonyl (C=O) groups is 1. The number of thioether (sulfide) groups is 1. The summed E-state index contributed by atoms with van der Waals surface area (Å²) in [6, 6.07) is 23.9. The zero-order valence-corrected chi connectivity index (χ0v) is 19.3. The van der Waals surface area contributed by atoms with Gasteiger partial charge < -0.3 is 9.73 Å². The highest BCUT2D eigenvalue weighted by atomic mass is 32.2. The molecule has 33 heavy (non-hydrogen) atoms. The van der Waals surface area contributed by atoms with Crippen molar-refractivity contribution in [2.75, 3.05) is 11.1 Å². The second-order valence-electron chi connectivity index (χ2n) is 7.25. The number of primary sulfonamides is 1. The number of sulfonamides is 1. The largest absolute Gasteiger partial charge is 0.431 e. The van der Waals surface area contributed by atoms with Crippen LogP contribution in [-0.4, -0.2) is 25.1 Å². The maximum atomic E-state index is 12.5. The van der Waals surface area contributed by atoms with Crippen molar-refractivity contribution in [3.63, 3.8) is 0 Å². The molecule has 0 saturated heterocycles. The Balaban J connectivity index is 1.52. The number of nitrogens with zero attached hydrogens (tertiary/aromatic N) is 1. The Labute approximate surface area is 196 Å². The van der Waals surface area contributed by atoms with Gasteiger partial charge in [-0.25, -0.2) is 18.5 Å². The molecule has 0 spiro atoms. The molecule has 0 radical (unpaired) electrons. The first-order valence-corrected chi connectivity index (χ1v) is 12.5. The Morgan fingerprint density at radius 1 is 1.00 bits per heavy atom. The third-order valence-electron chi connectivity index (χ3n) is 4.80. The zero-order chi connectivity index (χ0) is 23.4. The number of aryl methyl sites for hydroxylation is 1. The molecule has 3 aromatic carbocycles. The van der Waals surface area contributed by atoms with Gasteiger partial charge in [0.25, 0.3) is 5.22 Å². The fourth-order valence-electron chi connectivity index (χ4n) is 3.25. The minimum absolute atomic E-state index is 0.0272. The average molecular weight is 480 g/mol. The Morgan fingerprint density at radius 2 is 1.64 bits per heavy atom. The number of aromatic nitrogens is 1. The lowest BCUT2D eigenvalue weighted by molar-refractivity contribution is -0.113. The highest BCUT2D eigenvalue weighted by Crippen LogP contribution is 2.35. The molecular weight excluding hydrogens is 458 g/mol. The second-order valence-corrected chi connectivity index (χ2v) is 9.71. The normalized spacial score (nSPS) is 11.3. The van der Waals surface area contributed by atoms with Gasteiger partial charge in [-0.1, -0.05) is 78.5 Å². The first-order valence-electron chi connectivity index (χ1n) is 9.99. The summed E-state index contributed by atoms with van der Waals surface area (Å²) in [4.78, 5) is 17.1. The summed E-state index contributed by atoms with van der Waals surface area (Å²) in [5.41, 5.74) is 3.34. The van der Waals surface area contributed by atoms with Gasteiger partial charge in [0.15, 0.2) is 5.76 Å². The molecule has 0 saturated carbocycles. The number of carbonyl (C=O) groups excluding carboxylic acids is 1. The summed E-state index contributed by atoms with van der Waals surface area (Å²) in [5, 5.41) is 8.28. The number of rotatable bonds is 7. The maximum absolute atomic E-state index is 12.5. The molecule has 0 aliphatic heterocycles. The van der Waals surface area contributed by atoms with Gasteiger partial charge >= 0.3 is 0 Å². The van der Waals surface area contributed by atoms with Crippen molar-refractivity contribution in [3.05, 3.63) is 84.4 Å². The summed E-state index contributed by atoms with van der Waals surface area (Å²) in [7, 11) is -3.88. The van der Waals surface area contributed by atoms with Crippen molar-refractivity contribution in [2.24, 2.45) is 5.14 Å². The number of nitrogens with one attached hydrogen (secondary N) is 1. The standard InChI is InChI=1S/C24H21N3O4S2/c1-16-12-13-19(14-20(16)33(25,29)30)26-21(28)15-32-24-27-22(17-8-4-2-5-9-17)23(31-24)18-10-6-3-7-11-18/h2-14H,15H2,1H3,(H,26,28)(H2,25,29,30). The predicted octanol–water partition coefficient (Wildman–Crippen LogP) is 4.70. The third kappa shape index (κ3) is 5.51. The van der Waals surface area contributed by atoms with E-state index in [-0.39, 0.29) is 16.6 Å². The molecule has 4 rings (SSSR count). The van der Waals surface area contributed by atoms with E-state index < -0.39 is 10.0 Å². The third-order valence-corrected chi connectivity index (χ3v) is 6.68. The van der Waals surface area contributed by atoms with Gasteiger partial charge in [0.2, 0.25) is 15.9 Å². The lowest BCUT2D eigenvalue weighted by Gasteiger charge is -2.08. The predicted molar refractivity (Wildman–Crippen MR) is 129 cm³/mol. The van der Waals surface area contributed by atoms with Crippen LogP contribution in [0.5, 0.6) is 0 Å². The summed E-state index contributed by atoms with van der Waals surface area (Å²) in [6.07, 6.45) is 0. The number of nitrogens with two attached hydrogens (primary N) is 1. The first-order chi connectivity index (χ1) is 15.8. The molecule has 1 amide bonds. The fourth-order valence-corrected chi connectivity index (χ4v) is 4.68. The molecule has 0 bridgehead atoms. The van der Waals surface area contributed by atoms with Crippen LogP contribution in [0.3, 0.4) is 0 Å². The molecule has 0 aliphatic carbocycles. The minimum Gasteiger partial charge on any atom is -0.431 e. The van der Waals surface area contributed by atoms with Crippen molar-refractivity contribution < 1.29 is 17.6 Å². The summed E-state index contributed by atoms with van der Waals surface area (Å²) in [6.45, 7) is 1.64. The smallest absolute Gasteiger partial charge is 0.257 e. The number of anilines is 1. The van der Waals surface area contributed by atoms with Crippen LogP contribution in [0.2, 0.25) is 0 Å². The Morgan fingerprint density at radius 3 is 2.27 bits per heavy atom. The number of amides is 1. The Bertz CT molecular complexity index is 1330. The summed E-state index contributed by atoms with van der Waals surface area (Å²) < 4.78 is 29.4. The number of benzene rings is 3. The first kappa shape index (κ1) is 22.8. The second kappa shape index (κ2) is 9.62. The van der Waals surface area contributed by atoms with Crippen LogP contribution in [0.25, 0.3) is 22.6 Å². The van der Waals surface area contributed by atoms with Crippen molar-refractivity contribution in [1.29, 1.82) is 0 Å². The van der Waals surface area contributed by atoms with E-state index >= 15 is 0 Å². The van der Waals surface area contributed by atoms with Crippen LogP contribution >= 0.6 is 11.8 Å². The van der Waals surface area contributed by atoms with E-state index in [1.54, 1.807) is 19.1 Å². The van der Waals surface area contributed by atoms with E-state index in [1.807, 2.05) is 60.7 Å². The number of hydrogen-bond acceptors (Lipinski definition) is 6. The lowest BCUT2D eigenvalue weighted by Crippen LogP contribution is -2.17. The van der Waals surface area contributed by atoms with Crippen molar-refractivity contribution in [1.82, 2.24) is 4.98 Å². The minimum atomic E-state index is -3.88.